The Kier molecular flexibility index (Phi) is 6.21. The van der Waals surface area contributed by atoms with Crippen molar-refractivity contribution in [2.75, 3.05) is 7.05 Å². The Morgan fingerprint density at radius 2 is 1.70 bits per heavy atom. The van der Waals surface area contributed by atoms with E-state index in [-0.39, 0.29) is 11.9 Å². The summed E-state index contributed by atoms with van der Waals surface area (Å²) in [6.07, 6.45) is 0.415. The number of hydrogen-bond acceptors (Lipinski definition) is 2. The van der Waals surface area contributed by atoms with Gasteiger partial charge in [0.05, 0.1) is 0 Å². The van der Waals surface area contributed by atoms with Crippen LogP contribution in [0.25, 0.3) is 0 Å². The van der Waals surface area contributed by atoms with Crippen molar-refractivity contribution in [2.24, 2.45) is 11.7 Å². The third-order valence-electron chi connectivity index (χ3n) is 3.76. The van der Waals surface area contributed by atoms with Gasteiger partial charge in [-0.25, -0.2) is 0 Å². The van der Waals surface area contributed by atoms with Crippen molar-refractivity contribution in [2.45, 2.75) is 52.6 Å². The Hall–Kier alpha value is -1.35. The molecule has 0 heterocycles. The summed E-state index contributed by atoms with van der Waals surface area (Å²) in [5.41, 5.74) is 8.43. The molecule has 0 bridgehead atoms. The van der Waals surface area contributed by atoms with Crippen molar-refractivity contribution in [1.29, 1.82) is 0 Å². The molecule has 1 atom stereocenters. The Morgan fingerprint density at radius 1 is 1.15 bits per heavy atom. The third-order valence-corrected chi connectivity index (χ3v) is 3.76. The normalized spacial score (nSPS) is 12.8. The van der Waals surface area contributed by atoms with Crippen LogP contribution in [0.3, 0.4) is 0 Å². The standard InChI is InChI=1S/C17H28N2O/c1-12(2)15-8-6-14(7-9-15)11-19(5)17(20)10-16(18)13(3)4/h6-9,12-13,16H,10-11,18H2,1-5H3. The second-order valence-electron chi connectivity index (χ2n) is 6.26. The van der Waals surface area contributed by atoms with Gasteiger partial charge in [-0.05, 0) is 23.0 Å². The predicted molar refractivity (Wildman–Crippen MR) is 84.4 cm³/mol. The first kappa shape index (κ1) is 16.7. The van der Waals surface area contributed by atoms with Gasteiger partial charge in [-0.1, -0.05) is 52.0 Å². The number of amides is 1. The Labute approximate surface area is 123 Å². The summed E-state index contributed by atoms with van der Waals surface area (Å²) in [4.78, 5) is 13.8. The van der Waals surface area contributed by atoms with Gasteiger partial charge in [0.1, 0.15) is 0 Å². The molecular weight excluding hydrogens is 248 g/mol. The lowest BCUT2D eigenvalue weighted by atomic mass is 10.0. The van der Waals surface area contributed by atoms with Gasteiger partial charge in [-0.2, -0.15) is 0 Å². The van der Waals surface area contributed by atoms with Crippen LogP contribution in [0.1, 0.15) is 51.2 Å². The monoisotopic (exact) mass is 276 g/mol. The molecule has 0 saturated heterocycles. The van der Waals surface area contributed by atoms with E-state index in [1.807, 2.05) is 20.9 Å². The zero-order valence-corrected chi connectivity index (χ0v) is 13.4. The number of carbonyl (C=O) groups is 1. The lowest BCUT2D eigenvalue weighted by Crippen LogP contribution is -2.35. The fraction of sp³-hybridized carbons (Fsp3) is 0.588. The molecule has 0 aliphatic heterocycles. The van der Waals surface area contributed by atoms with E-state index in [9.17, 15) is 4.79 Å². The molecule has 1 unspecified atom stereocenters. The lowest BCUT2D eigenvalue weighted by Gasteiger charge is -2.21. The van der Waals surface area contributed by atoms with E-state index in [1.165, 1.54) is 5.56 Å². The molecule has 20 heavy (non-hydrogen) atoms. The number of carbonyl (C=O) groups excluding carboxylic acids is 1. The molecular formula is C17H28N2O. The number of nitrogens with two attached hydrogens (primary N) is 1. The second-order valence-corrected chi connectivity index (χ2v) is 6.26. The molecule has 3 heteroatoms. The highest BCUT2D eigenvalue weighted by Gasteiger charge is 2.16. The van der Waals surface area contributed by atoms with Gasteiger partial charge in [0.15, 0.2) is 0 Å². The van der Waals surface area contributed by atoms with Crippen LogP contribution in [-0.2, 0) is 11.3 Å². The van der Waals surface area contributed by atoms with E-state index in [2.05, 4.69) is 38.1 Å². The first-order valence-corrected chi connectivity index (χ1v) is 7.39. The molecule has 1 amide bonds. The molecule has 0 radical (unpaired) electrons. The first-order chi connectivity index (χ1) is 9.31. The van der Waals surface area contributed by atoms with Crippen molar-refractivity contribution >= 4 is 5.91 Å². The van der Waals surface area contributed by atoms with Crippen LogP contribution in [-0.4, -0.2) is 23.9 Å². The average molecular weight is 276 g/mol. The molecule has 2 N–H and O–H groups in total. The Morgan fingerprint density at radius 3 is 2.15 bits per heavy atom. The van der Waals surface area contributed by atoms with Gasteiger partial charge in [-0.3, -0.25) is 4.79 Å². The molecule has 0 saturated carbocycles. The van der Waals surface area contributed by atoms with Gasteiger partial charge in [-0.15, -0.1) is 0 Å². The summed E-state index contributed by atoms with van der Waals surface area (Å²) in [6.45, 7) is 9.09. The molecule has 0 aliphatic rings. The largest absolute Gasteiger partial charge is 0.341 e. The molecule has 0 fully saturated rings. The minimum atomic E-state index is -0.0618. The SMILES string of the molecule is CC(C)c1ccc(CN(C)C(=O)CC(N)C(C)C)cc1. The van der Waals surface area contributed by atoms with E-state index >= 15 is 0 Å². The average Bonchev–Trinajstić information content (AvgIpc) is 2.38. The zero-order valence-electron chi connectivity index (χ0n) is 13.4. The fourth-order valence-electron chi connectivity index (χ4n) is 1.96. The van der Waals surface area contributed by atoms with Gasteiger partial charge in [0.25, 0.3) is 0 Å². The van der Waals surface area contributed by atoms with Gasteiger partial charge in [0, 0.05) is 26.1 Å². The topological polar surface area (TPSA) is 46.3 Å². The highest BCUT2D eigenvalue weighted by molar-refractivity contribution is 5.76. The molecule has 3 nitrogen and oxygen atoms in total. The van der Waals surface area contributed by atoms with Crippen LogP contribution in [0.15, 0.2) is 24.3 Å². The second kappa shape index (κ2) is 7.44. The van der Waals surface area contributed by atoms with E-state index in [0.29, 0.717) is 24.8 Å². The summed E-state index contributed by atoms with van der Waals surface area (Å²) in [6, 6.07) is 8.41. The highest BCUT2D eigenvalue weighted by Crippen LogP contribution is 2.15. The van der Waals surface area contributed by atoms with E-state index in [1.54, 1.807) is 4.90 Å². The molecule has 1 aromatic rings. The number of nitrogens with zero attached hydrogens (tertiary/aromatic N) is 1. The summed E-state index contributed by atoms with van der Waals surface area (Å²) in [7, 11) is 1.84. The molecule has 0 aliphatic carbocycles. The summed E-state index contributed by atoms with van der Waals surface area (Å²) >= 11 is 0. The maximum Gasteiger partial charge on any atom is 0.224 e. The van der Waals surface area contributed by atoms with Crippen LogP contribution in [0, 0.1) is 5.92 Å². The minimum absolute atomic E-state index is 0.0618. The van der Waals surface area contributed by atoms with E-state index in [0.717, 1.165) is 5.56 Å². The van der Waals surface area contributed by atoms with Gasteiger partial charge in [0.2, 0.25) is 5.91 Å². The quantitative estimate of drug-likeness (QED) is 0.867. The van der Waals surface area contributed by atoms with E-state index in [4.69, 9.17) is 5.73 Å². The molecule has 1 aromatic carbocycles. The maximum absolute atomic E-state index is 12.1. The number of rotatable bonds is 6. The van der Waals surface area contributed by atoms with Crippen LogP contribution in [0.5, 0.6) is 0 Å². The van der Waals surface area contributed by atoms with Crippen LogP contribution in [0.4, 0.5) is 0 Å². The molecule has 0 aromatic heterocycles. The zero-order chi connectivity index (χ0) is 15.3. The van der Waals surface area contributed by atoms with Crippen molar-refractivity contribution in [3.05, 3.63) is 35.4 Å². The molecule has 112 valence electrons. The number of benzene rings is 1. The molecule has 0 spiro atoms. The van der Waals surface area contributed by atoms with E-state index < -0.39 is 0 Å². The lowest BCUT2D eigenvalue weighted by molar-refractivity contribution is -0.131. The number of hydrogen-bond donors (Lipinski definition) is 1. The maximum atomic E-state index is 12.1. The van der Waals surface area contributed by atoms with Crippen LogP contribution < -0.4 is 5.73 Å². The van der Waals surface area contributed by atoms with Gasteiger partial charge >= 0.3 is 0 Å². The van der Waals surface area contributed by atoms with Crippen molar-refractivity contribution in [3.63, 3.8) is 0 Å². The Bertz CT molecular complexity index is 423. The van der Waals surface area contributed by atoms with Crippen LogP contribution in [0.2, 0.25) is 0 Å². The summed E-state index contributed by atoms with van der Waals surface area (Å²) < 4.78 is 0. The smallest absolute Gasteiger partial charge is 0.224 e. The first-order valence-electron chi connectivity index (χ1n) is 7.39. The Balaban J connectivity index is 2.57. The highest BCUT2D eigenvalue weighted by atomic mass is 16.2. The third kappa shape index (κ3) is 4.97. The summed E-state index contributed by atoms with van der Waals surface area (Å²) in [5.74, 6) is 0.976. The van der Waals surface area contributed by atoms with Crippen molar-refractivity contribution in [1.82, 2.24) is 4.90 Å². The molecule has 1 rings (SSSR count). The van der Waals surface area contributed by atoms with Crippen LogP contribution >= 0.6 is 0 Å². The predicted octanol–water partition coefficient (Wildman–Crippen LogP) is 3.14. The minimum Gasteiger partial charge on any atom is -0.341 e. The van der Waals surface area contributed by atoms with Crippen molar-refractivity contribution in [3.8, 4) is 0 Å². The van der Waals surface area contributed by atoms with Gasteiger partial charge < -0.3 is 10.6 Å². The fourth-order valence-corrected chi connectivity index (χ4v) is 1.96. The van der Waals surface area contributed by atoms with Crippen molar-refractivity contribution < 1.29 is 4.79 Å². The summed E-state index contributed by atoms with van der Waals surface area (Å²) in [5, 5.41) is 0.